The topological polar surface area (TPSA) is 54.5 Å². The fourth-order valence-electron chi connectivity index (χ4n) is 3.31. The molecule has 1 aliphatic rings. The van der Waals surface area contributed by atoms with Crippen LogP contribution >= 0.6 is 11.3 Å². The van der Waals surface area contributed by atoms with Crippen LogP contribution in [0.5, 0.6) is 5.75 Å². The third kappa shape index (κ3) is 4.04. The van der Waals surface area contributed by atoms with Crippen molar-refractivity contribution in [1.29, 1.82) is 0 Å². The molecule has 0 bridgehead atoms. The summed E-state index contributed by atoms with van der Waals surface area (Å²) in [6, 6.07) is 5.25. The van der Waals surface area contributed by atoms with E-state index in [0.29, 0.717) is 33.7 Å². The number of hydrogen-bond acceptors (Lipinski definition) is 5. The van der Waals surface area contributed by atoms with Gasteiger partial charge in [0.2, 0.25) is 0 Å². The summed E-state index contributed by atoms with van der Waals surface area (Å²) in [5, 5.41) is 3.62. The first-order valence-electron chi connectivity index (χ1n) is 8.79. The van der Waals surface area contributed by atoms with Crippen LogP contribution in [0.3, 0.4) is 0 Å². The summed E-state index contributed by atoms with van der Waals surface area (Å²) in [6.07, 6.45) is 3.38. The Morgan fingerprint density at radius 2 is 2.31 bits per heavy atom. The molecule has 2 aromatic rings. The van der Waals surface area contributed by atoms with Crippen LogP contribution in [0.25, 0.3) is 10.6 Å². The molecule has 1 aromatic carbocycles. The Morgan fingerprint density at radius 3 is 2.96 bits per heavy atom. The van der Waals surface area contributed by atoms with E-state index in [1.165, 1.54) is 37.4 Å². The van der Waals surface area contributed by atoms with Crippen LogP contribution in [0.1, 0.15) is 34.6 Å². The highest BCUT2D eigenvalue weighted by Crippen LogP contribution is 2.30. The lowest BCUT2D eigenvalue weighted by molar-refractivity contribution is 0.0953. The number of nitrogens with zero attached hydrogens (tertiary/aromatic N) is 2. The minimum Gasteiger partial charge on any atom is -0.494 e. The van der Waals surface area contributed by atoms with Gasteiger partial charge in [0.15, 0.2) is 11.6 Å². The molecule has 0 spiro atoms. The number of halogens is 1. The van der Waals surface area contributed by atoms with Gasteiger partial charge in [-0.15, -0.1) is 11.3 Å². The van der Waals surface area contributed by atoms with Gasteiger partial charge in [0.05, 0.1) is 12.8 Å². The molecule has 7 heteroatoms. The summed E-state index contributed by atoms with van der Waals surface area (Å²) < 4.78 is 18.9. The summed E-state index contributed by atoms with van der Waals surface area (Å²) >= 11 is 1.29. The molecule has 1 aromatic heterocycles. The highest BCUT2D eigenvalue weighted by molar-refractivity contribution is 7.17. The molecule has 1 unspecified atom stereocenters. The Balaban J connectivity index is 1.65. The summed E-state index contributed by atoms with van der Waals surface area (Å²) in [7, 11) is 3.56. The zero-order valence-corrected chi connectivity index (χ0v) is 16.2. The number of amides is 1. The maximum absolute atomic E-state index is 13.9. The van der Waals surface area contributed by atoms with Crippen molar-refractivity contribution in [2.75, 3.05) is 27.2 Å². The highest BCUT2D eigenvalue weighted by Gasteiger charge is 2.21. The summed E-state index contributed by atoms with van der Waals surface area (Å²) in [5.41, 5.74) is 1.31. The minimum absolute atomic E-state index is 0.110. The second-order valence-corrected chi connectivity index (χ2v) is 7.60. The van der Waals surface area contributed by atoms with E-state index in [4.69, 9.17) is 4.74 Å². The molecule has 26 heavy (non-hydrogen) atoms. The van der Waals surface area contributed by atoms with Crippen molar-refractivity contribution in [1.82, 2.24) is 15.2 Å². The average Bonchev–Trinajstić information content (AvgIpc) is 3.20. The number of hydrogen-bond donors (Lipinski definition) is 1. The molecule has 1 N–H and O–H groups in total. The number of aromatic nitrogens is 1. The number of benzene rings is 1. The Morgan fingerprint density at radius 1 is 1.50 bits per heavy atom. The van der Waals surface area contributed by atoms with Crippen LogP contribution in [0.15, 0.2) is 18.2 Å². The van der Waals surface area contributed by atoms with E-state index in [0.717, 1.165) is 13.0 Å². The molecule has 1 fully saturated rings. The van der Waals surface area contributed by atoms with Gasteiger partial charge >= 0.3 is 0 Å². The molecule has 3 rings (SSSR count). The fourth-order valence-corrected chi connectivity index (χ4v) is 4.29. The number of aryl methyl sites for hydroxylation is 1. The van der Waals surface area contributed by atoms with Crippen LogP contribution in [-0.4, -0.2) is 49.1 Å². The summed E-state index contributed by atoms with van der Waals surface area (Å²) in [5.74, 6) is -0.359. The summed E-state index contributed by atoms with van der Waals surface area (Å²) in [6.45, 7) is 3.59. The normalized spacial score (nSPS) is 17.5. The van der Waals surface area contributed by atoms with Crippen molar-refractivity contribution in [2.24, 2.45) is 0 Å². The van der Waals surface area contributed by atoms with Gasteiger partial charge in [-0.05, 0) is 58.0 Å². The second-order valence-electron chi connectivity index (χ2n) is 6.60. The number of ether oxygens (including phenoxy) is 1. The number of nitrogens with one attached hydrogen (secondary N) is 1. The predicted octanol–water partition coefficient (Wildman–Crippen LogP) is 3.48. The quantitative estimate of drug-likeness (QED) is 0.837. The molecule has 0 radical (unpaired) electrons. The third-order valence-corrected chi connectivity index (χ3v) is 6.04. The smallest absolute Gasteiger partial charge is 0.263 e. The molecule has 1 atom stereocenters. The molecule has 0 aliphatic carbocycles. The van der Waals surface area contributed by atoms with E-state index < -0.39 is 5.82 Å². The zero-order chi connectivity index (χ0) is 18.7. The first kappa shape index (κ1) is 18.8. The lowest BCUT2D eigenvalue weighted by Crippen LogP contribution is -2.31. The molecular formula is C19H24FN3O2S. The monoisotopic (exact) mass is 377 g/mol. The Kier molecular flexibility index (Phi) is 5.88. The maximum Gasteiger partial charge on any atom is 0.263 e. The van der Waals surface area contributed by atoms with Gasteiger partial charge in [0, 0.05) is 18.2 Å². The number of rotatable bonds is 6. The summed E-state index contributed by atoms with van der Waals surface area (Å²) in [4.78, 5) is 19.8. The fraction of sp³-hybridized carbons (Fsp3) is 0.474. The first-order chi connectivity index (χ1) is 12.5. The van der Waals surface area contributed by atoms with Crippen molar-refractivity contribution in [3.63, 3.8) is 0 Å². The van der Waals surface area contributed by atoms with Gasteiger partial charge in [-0.3, -0.25) is 4.79 Å². The van der Waals surface area contributed by atoms with E-state index in [-0.39, 0.29) is 11.7 Å². The first-order valence-corrected chi connectivity index (χ1v) is 9.61. The van der Waals surface area contributed by atoms with Gasteiger partial charge in [0.25, 0.3) is 5.91 Å². The average molecular weight is 377 g/mol. The van der Waals surface area contributed by atoms with Gasteiger partial charge < -0.3 is 15.0 Å². The lowest BCUT2D eigenvalue weighted by Gasteiger charge is -2.19. The van der Waals surface area contributed by atoms with Crippen LogP contribution in [0.4, 0.5) is 4.39 Å². The lowest BCUT2D eigenvalue weighted by atomic mass is 10.1. The zero-order valence-electron chi connectivity index (χ0n) is 15.3. The Bertz CT molecular complexity index is 793. The van der Waals surface area contributed by atoms with Gasteiger partial charge in [-0.2, -0.15) is 0 Å². The van der Waals surface area contributed by atoms with Crippen molar-refractivity contribution in [3.05, 3.63) is 34.6 Å². The third-order valence-electron chi connectivity index (χ3n) is 4.84. The predicted molar refractivity (Wildman–Crippen MR) is 101 cm³/mol. The van der Waals surface area contributed by atoms with Gasteiger partial charge in [-0.25, -0.2) is 9.37 Å². The number of carbonyl (C=O) groups is 1. The minimum atomic E-state index is -0.440. The number of thiazole rings is 1. The number of likely N-dealkylation sites (tertiary alicyclic amines) is 1. The molecule has 0 saturated carbocycles. The van der Waals surface area contributed by atoms with Gasteiger partial charge in [0.1, 0.15) is 9.88 Å². The van der Waals surface area contributed by atoms with E-state index in [1.807, 2.05) is 0 Å². The number of carbonyl (C=O) groups excluding carboxylic acids is 1. The largest absolute Gasteiger partial charge is 0.494 e. The molecule has 140 valence electrons. The van der Waals surface area contributed by atoms with Crippen LogP contribution in [0.2, 0.25) is 0 Å². The molecular weight excluding hydrogens is 353 g/mol. The molecule has 1 saturated heterocycles. The van der Waals surface area contributed by atoms with Crippen LogP contribution in [0, 0.1) is 12.7 Å². The van der Waals surface area contributed by atoms with Crippen molar-refractivity contribution < 1.29 is 13.9 Å². The van der Waals surface area contributed by atoms with Crippen molar-refractivity contribution in [3.8, 4) is 16.3 Å². The standard InChI is InChI=1S/C19H24FN3O2S/c1-12-17(18(24)21-9-8-14-5-4-10-23(14)2)26-19(22-12)13-6-7-16(25-3)15(20)11-13/h6-7,11,14H,4-5,8-10H2,1-3H3,(H,21,24). The van der Waals surface area contributed by atoms with Crippen LogP contribution in [-0.2, 0) is 0 Å². The molecule has 2 heterocycles. The second kappa shape index (κ2) is 8.14. The Labute approximate surface area is 157 Å². The maximum atomic E-state index is 13.9. The van der Waals surface area contributed by atoms with Crippen LogP contribution < -0.4 is 10.1 Å². The van der Waals surface area contributed by atoms with Gasteiger partial charge in [-0.1, -0.05) is 0 Å². The van der Waals surface area contributed by atoms with E-state index in [2.05, 4.69) is 22.2 Å². The SMILES string of the molecule is COc1ccc(-c2nc(C)c(C(=O)NCCC3CCCN3C)s2)cc1F. The molecule has 5 nitrogen and oxygen atoms in total. The molecule has 1 amide bonds. The Hall–Kier alpha value is -1.99. The van der Waals surface area contributed by atoms with E-state index >= 15 is 0 Å². The van der Waals surface area contributed by atoms with E-state index in [1.54, 1.807) is 19.1 Å². The van der Waals surface area contributed by atoms with Crippen molar-refractivity contribution in [2.45, 2.75) is 32.2 Å². The highest BCUT2D eigenvalue weighted by atomic mass is 32.1. The molecule has 1 aliphatic heterocycles. The number of methoxy groups -OCH3 is 1. The van der Waals surface area contributed by atoms with Crippen molar-refractivity contribution >= 4 is 17.2 Å². The van der Waals surface area contributed by atoms with E-state index in [9.17, 15) is 9.18 Å².